The van der Waals surface area contributed by atoms with Gasteiger partial charge in [-0.1, -0.05) is 17.7 Å². The number of benzene rings is 1. The Kier molecular flexibility index (Phi) is 6.20. The van der Waals surface area contributed by atoms with Crippen LogP contribution < -0.4 is 4.90 Å². The molecule has 1 aromatic carbocycles. The predicted molar refractivity (Wildman–Crippen MR) is 102 cm³/mol. The van der Waals surface area contributed by atoms with E-state index in [2.05, 4.69) is 0 Å². The van der Waals surface area contributed by atoms with Crippen LogP contribution in [0.3, 0.4) is 0 Å². The second-order valence-corrected chi connectivity index (χ2v) is 9.63. The van der Waals surface area contributed by atoms with Gasteiger partial charge < -0.3 is 14.5 Å². The van der Waals surface area contributed by atoms with Gasteiger partial charge in [0.25, 0.3) is 5.91 Å². The Balaban J connectivity index is 1.55. The summed E-state index contributed by atoms with van der Waals surface area (Å²) in [6.07, 6.45) is 0.320. The molecule has 8 heteroatoms. The van der Waals surface area contributed by atoms with Crippen molar-refractivity contribution in [2.24, 2.45) is 0 Å². The standard InChI is InChI=1S/C19H29N3O4S/c1-15-4-6-18(7-5-15)27(24,25)22-10-8-21(9-11-22)19(23)14-20-12-16(2)26-17(3)13-20/h4-7,16-17H,8-14H2,1-3H3/p+1/t16-,17-/m1/s1. The third-order valence-corrected chi connectivity index (χ3v) is 7.18. The smallest absolute Gasteiger partial charge is 0.277 e. The number of hydrogen-bond acceptors (Lipinski definition) is 4. The number of nitrogens with zero attached hydrogens (tertiary/aromatic N) is 2. The van der Waals surface area contributed by atoms with Crippen molar-refractivity contribution in [3.05, 3.63) is 29.8 Å². The Morgan fingerprint density at radius 1 is 1.07 bits per heavy atom. The topological polar surface area (TPSA) is 71.4 Å². The van der Waals surface area contributed by atoms with E-state index in [0.29, 0.717) is 37.6 Å². The molecule has 1 amide bonds. The van der Waals surface area contributed by atoms with Gasteiger partial charge in [-0.3, -0.25) is 4.79 Å². The van der Waals surface area contributed by atoms with E-state index in [4.69, 9.17) is 4.74 Å². The Bertz CT molecular complexity index is 748. The Morgan fingerprint density at radius 3 is 2.19 bits per heavy atom. The SMILES string of the molecule is Cc1ccc(S(=O)(=O)N2CCN(C(=O)C[NH+]3C[C@@H](C)O[C@H](C)C3)CC2)cc1. The minimum atomic E-state index is -3.50. The van der Waals surface area contributed by atoms with Gasteiger partial charge >= 0.3 is 0 Å². The second kappa shape index (κ2) is 8.26. The monoisotopic (exact) mass is 396 g/mol. The summed E-state index contributed by atoms with van der Waals surface area (Å²) in [5.41, 5.74) is 1.03. The van der Waals surface area contributed by atoms with Crippen molar-refractivity contribution in [1.82, 2.24) is 9.21 Å². The third kappa shape index (κ3) is 4.87. The van der Waals surface area contributed by atoms with Crippen molar-refractivity contribution < 1.29 is 22.8 Å². The van der Waals surface area contributed by atoms with E-state index >= 15 is 0 Å². The molecule has 7 nitrogen and oxygen atoms in total. The highest BCUT2D eigenvalue weighted by Gasteiger charge is 2.33. The van der Waals surface area contributed by atoms with E-state index in [-0.39, 0.29) is 18.1 Å². The normalized spacial score (nSPS) is 27.5. The summed E-state index contributed by atoms with van der Waals surface area (Å²) in [6, 6.07) is 6.90. The highest BCUT2D eigenvalue weighted by molar-refractivity contribution is 7.89. The number of nitrogens with one attached hydrogen (secondary N) is 1. The van der Waals surface area contributed by atoms with Gasteiger partial charge in [0.15, 0.2) is 6.54 Å². The number of sulfonamides is 1. The van der Waals surface area contributed by atoms with Crippen molar-refractivity contribution in [3.8, 4) is 0 Å². The van der Waals surface area contributed by atoms with Gasteiger partial charge in [-0.25, -0.2) is 8.42 Å². The van der Waals surface area contributed by atoms with Gasteiger partial charge in [-0.15, -0.1) is 0 Å². The van der Waals surface area contributed by atoms with Gasteiger partial charge in [0, 0.05) is 26.2 Å². The first-order valence-electron chi connectivity index (χ1n) is 9.59. The summed E-state index contributed by atoms with van der Waals surface area (Å²) in [5, 5.41) is 0. The molecule has 0 unspecified atom stereocenters. The highest BCUT2D eigenvalue weighted by atomic mass is 32.2. The van der Waals surface area contributed by atoms with Gasteiger partial charge in [0.05, 0.1) is 4.90 Å². The van der Waals surface area contributed by atoms with Crippen molar-refractivity contribution in [2.45, 2.75) is 37.9 Å². The van der Waals surface area contributed by atoms with E-state index < -0.39 is 10.0 Å². The lowest BCUT2D eigenvalue weighted by molar-refractivity contribution is -0.907. The summed E-state index contributed by atoms with van der Waals surface area (Å²) in [6.45, 7) is 9.68. The molecule has 1 aromatic rings. The molecule has 2 heterocycles. The molecule has 27 heavy (non-hydrogen) atoms. The van der Waals surface area contributed by atoms with Gasteiger partial charge in [0.1, 0.15) is 25.3 Å². The molecule has 0 saturated carbocycles. The Hall–Kier alpha value is -1.48. The summed E-state index contributed by atoms with van der Waals surface area (Å²) in [5.74, 6) is 0.0960. The zero-order chi connectivity index (χ0) is 19.6. The number of carbonyl (C=O) groups is 1. The van der Waals surface area contributed by atoms with Crippen molar-refractivity contribution in [2.75, 3.05) is 45.8 Å². The molecule has 0 bridgehead atoms. The molecule has 1 N–H and O–H groups in total. The van der Waals surface area contributed by atoms with E-state index in [9.17, 15) is 13.2 Å². The largest absolute Gasteiger partial charge is 0.364 e. The van der Waals surface area contributed by atoms with Crippen LogP contribution in [0.1, 0.15) is 19.4 Å². The number of piperazine rings is 1. The van der Waals surface area contributed by atoms with Crippen molar-refractivity contribution >= 4 is 15.9 Å². The van der Waals surface area contributed by atoms with Crippen LogP contribution in [0, 0.1) is 6.92 Å². The molecule has 150 valence electrons. The fraction of sp³-hybridized carbons (Fsp3) is 0.632. The molecule has 2 atom stereocenters. The fourth-order valence-electron chi connectivity index (χ4n) is 3.90. The highest BCUT2D eigenvalue weighted by Crippen LogP contribution is 2.18. The lowest BCUT2D eigenvalue weighted by Crippen LogP contribution is -3.16. The van der Waals surface area contributed by atoms with Gasteiger partial charge in [-0.2, -0.15) is 4.31 Å². The number of amides is 1. The van der Waals surface area contributed by atoms with Crippen LogP contribution in [0.25, 0.3) is 0 Å². The number of morpholine rings is 1. The summed E-state index contributed by atoms with van der Waals surface area (Å²) in [7, 11) is -3.50. The molecule has 2 saturated heterocycles. The van der Waals surface area contributed by atoms with Crippen LogP contribution in [0.2, 0.25) is 0 Å². The second-order valence-electron chi connectivity index (χ2n) is 7.69. The summed E-state index contributed by atoms with van der Waals surface area (Å²) >= 11 is 0. The lowest BCUT2D eigenvalue weighted by Gasteiger charge is -2.36. The van der Waals surface area contributed by atoms with Crippen LogP contribution >= 0.6 is 0 Å². The maximum absolute atomic E-state index is 12.8. The van der Waals surface area contributed by atoms with Gasteiger partial charge in [-0.05, 0) is 32.9 Å². The zero-order valence-corrected chi connectivity index (χ0v) is 17.2. The fourth-order valence-corrected chi connectivity index (χ4v) is 5.32. The molecule has 2 aliphatic heterocycles. The first-order valence-corrected chi connectivity index (χ1v) is 11.0. The molecule has 0 spiro atoms. The molecule has 0 radical (unpaired) electrons. The van der Waals surface area contributed by atoms with E-state index in [1.54, 1.807) is 29.2 Å². The van der Waals surface area contributed by atoms with E-state index in [1.807, 2.05) is 20.8 Å². The van der Waals surface area contributed by atoms with Crippen LogP contribution in [0.4, 0.5) is 0 Å². The maximum atomic E-state index is 12.8. The molecule has 0 aromatic heterocycles. The number of ether oxygens (including phenoxy) is 1. The number of aryl methyl sites for hydroxylation is 1. The van der Waals surface area contributed by atoms with E-state index in [0.717, 1.165) is 18.7 Å². The minimum Gasteiger partial charge on any atom is -0.364 e. The number of quaternary nitrogens is 1. The first-order chi connectivity index (χ1) is 12.8. The molecular formula is C19H30N3O4S+. The average Bonchev–Trinajstić information content (AvgIpc) is 2.61. The lowest BCUT2D eigenvalue weighted by atomic mass is 10.2. The summed E-state index contributed by atoms with van der Waals surface area (Å²) < 4.78 is 32.7. The van der Waals surface area contributed by atoms with Gasteiger partial charge in [0.2, 0.25) is 10.0 Å². The van der Waals surface area contributed by atoms with Crippen LogP contribution in [-0.4, -0.2) is 81.6 Å². The summed E-state index contributed by atoms with van der Waals surface area (Å²) in [4.78, 5) is 16.0. The number of carbonyl (C=O) groups excluding carboxylic acids is 1. The Morgan fingerprint density at radius 2 is 1.63 bits per heavy atom. The maximum Gasteiger partial charge on any atom is 0.277 e. The predicted octanol–water partition coefficient (Wildman–Crippen LogP) is -0.480. The molecular weight excluding hydrogens is 366 g/mol. The number of hydrogen-bond donors (Lipinski definition) is 1. The average molecular weight is 397 g/mol. The van der Waals surface area contributed by atoms with Crippen molar-refractivity contribution in [3.63, 3.8) is 0 Å². The first kappa shape index (κ1) is 20.3. The Labute approximate surface area is 161 Å². The van der Waals surface area contributed by atoms with Crippen LogP contribution in [-0.2, 0) is 19.6 Å². The molecule has 2 aliphatic rings. The minimum absolute atomic E-state index is 0.0960. The molecule has 2 fully saturated rings. The zero-order valence-electron chi connectivity index (χ0n) is 16.3. The quantitative estimate of drug-likeness (QED) is 0.746. The van der Waals surface area contributed by atoms with E-state index in [1.165, 1.54) is 9.21 Å². The van der Waals surface area contributed by atoms with Crippen molar-refractivity contribution in [1.29, 1.82) is 0 Å². The third-order valence-electron chi connectivity index (χ3n) is 5.27. The number of rotatable bonds is 4. The van der Waals surface area contributed by atoms with Crippen LogP contribution in [0.5, 0.6) is 0 Å². The molecule has 0 aliphatic carbocycles. The van der Waals surface area contributed by atoms with Crippen LogP contribution in [0.15, 0.2) is 29.2 Å². The molecule has 3 rings (SSSR count).